The number of urea groups is 1. The first kappa shape index (κ1) is 21.8. The molecule has 2 aromatic rings. The second kappa shape index (κ2) is 9.35. The highest BCUT2D eigenvalue weighted by Gasteiger charge is 2.36. The topological polar surface area (TPSA) is 116 Å². The summed E-state index contributed by atoms with van der Waals surface area (Å²) in [6, 6.07) is 7.06. The minimum atomic E-state index is -0.876. The van der Waals surface area contributed by atoms with Gasteiger partial charge in [-0.05, 0) is 49.2 Å². The number of hydrogen-bond acceptors (Lipinski definition) is 7. The van der Waals surface area contributed by atoms with Crippen molar-refractivity contribution < 1.29 is 33.0 Å². The van der Waals surface area contributed by atoms with Crippen LogP contribution in [0.3, 0.4) is 0 Å². The number of ether oxygens (including phenoxy) is 3. The minimum absolute atomic E-state index is 0.103. The van der Waals surface area contributed by atoms with Crippen molar-refractivity contribution in [3.8, 4) is 5.75 Å². The second-order valence-corrected chi connectivity index (χ2v) is 7.67. The van der Waals surface area contributed by atoms with Gasteiger partial charge in [0.05, 0.1) is 30.1 Å². The van der Waals surface area contributed by atoms with Gasteiger partial charge in [-0.25, -0.2) is 9.59 Å². The maximum Gasteiger partial charge on any atom is 0.338 e. The van der Waals surface area contributed by atoms with Gasteiger partial charge in [-0.2, -0.15) is 0 Å². The Labute approximate surface area is 188 Å². The largest absolute Gasteiger partial charge is 0.492 e. The predicted octanol–water partition coefficient (Wildman–Crippen LogP) is 2.90. The van der Waals surface area contributed by atoms with Gasteiger partial charge < -0.3 is 29.3 Å². The minimum Gasteiger partial charge on any atom is -0.492 e. The van der Waals surface area contributed by atoms with Gasteiger partial charge in [0.1, 0.15) is 30.8 Å². The molecule has 0 fully saturated rings. The molecular formula is C22H21ClN2O7. The lowest BCUT2D eigenvalue weighted by atomic mass is 9.97. The molecule has 2 N–H and O–H groups in total. The van der Waals surface area contributed by atoms with E-state index in [1.807, 2.05) is 0 Å². The third-order valence-corrected chi connectivity index (χ3v) is 5.33. The van der Waals surface area contributed by atoms with Crippen LogP contribution in [0, 0.1) is 5.92 Å². The fourth-order valence-corrected chi connectivity index (χ4v) is 3.82. The monoisotopic (exact) mass is 460 g/mol. The van der Waals surface area contributed by atoms with Crippen LogP contribution in [0.15, 0.2) is 52.3 Å². The molecule has 32 heavy (non-hydrogen) atoms. The van der Waals surface area contributed by atoms with Crippen LogP contribution in [0.2, 0.25) is 5.02 Å². The van der Waals surface area contributed by atoms with Crippen molar-refractivity contribution in [3.63, 3.8) is 0 Å². The molecule has 0 unspecified atom stereocenters. The molecule has 3 heterocycles. The number of fused-ring (bicyclic) bond motifs is 1. The van der Waals surface area contributed by atoms with E-state index in [0.717, 1.165) is 5.56 Å². The Hall–Kier alpha value is -3.46. The van der Waals surface area contributed by atoms with Crippen LogP contribution in [0.1, 0.15) is 24.3 Å². The van der Waals surface area contributed by atoms with Crippen LogP contribution in [0.4, 0.5) is 4.79 Å². The molecule has 0 saturated carbocycles. The lowest BCUT2D eigenvalue weighted by molar-refractivity contribution is -0.149. The predicted molar refractivity (Wildman–Crippen MR) is 112 cm³/mol. The smallest absolute Gasteiger partial charge is 0.338 e. The number of nitrogens with one attached hydrogen (secondary N) is 2. The van der Waals surface area contributed by atoms with Crippen LogP contribution in [-0.4, -0.2) is 37.8 Å². The van der Waals surface area contributed by atoms with Crippen LogP contribution in [-0.2, 0) is 25.5 Å². The standard InChI is InChI=1S/C22H21ClN2O7/c1-2-29-21(27)18-15(24-22(28)25-19(18)17-4-3-7-30-17)11-32-20(26)13-8-12-9-14(23)5-6-16(12)31-10-13/h3-7,9,13,19H,2,8,10-11H2,1H3,(H2,24,25,28)/t13-,19-/m1/s1. The van der Waals surface area contributed by atoms with Crippen molar-refractivity contribution in [1.82, 2.24) is 10.6 Å². The molecule has 4 rings (SSSR count). The maximum atomic E-state index is 12.7. The molecular weight excluding hydrogens is 440 g/mol. The van der Waals surface area contributed by atoms with E-state index in [-0.39, 0.29) is 31.1 Å². The Balaban J connectivity index is 1.52. The number of amides is 2. The summed E-state index contributed by atoms with van der Waals surface area (Å²) < 4.78 is 21.6. The van der Waals surface area contributed by atoms with Gasteiger partial charge in [0.25, 0.3) is 0 Å². The average molecular weight is 461 g/mol. The highest BCUT2D eigenvalue weighted by molar-refractivity contribution is 6.30. The van der Waals surface area contributed by atoms with E-state index in [9.17, 15) is 14.4 Å². The Morgan fingerprint density at radius 3 is 2.84 bits per heavy atom. The van der Waals surface area contributed by atoms with Crippen molar-refractivity contribution in [1.29, 1.82) is 0 Å². The Morgan fingerprint density at radius 2 is 2.09 bits per heavy atom. The van der Waals surface area contributed by atoms with Gasteiger partial charge in [0.2, 0.25) is 0 Å². The van der Waals surface area contributed by atoms with E-state index < -0.39 is 29.9 Å². The number of hydrogen-bond donors (Lipinski definition) is 2. The van der Waals surface area contributed by atoms with Crippen molar-refractivity contribution >= 4 is 29.6 Å². The number of carbonyl (C=O) groups excluding carboxylic acids is 3. The molecule has 1 aromatic heterocycles. The lowest BCUT2D eigenvalue weighted by Gasteiger charge is -2.28. The first-order valence-electron chi connectivity index (χ1n) is 10.0. The summed E-state index contributed by atoms with van der Waals surface area (Å²) in [6.07, 6.45) is 1.83. The van der Waals surface area contributed by atoms with E-state index in [0.29, 0.717) is 23.0 Å². The Kier molecular flexibility index (Phi) is 6.36. The van der Waals surface area contributed by atoms with E-state index in [1.54, 1.807) is 37.3 Å². The first-order valence-corrected chi connectivity index (χ1v) is 10.4. The molecule has 2 atom stereocenters. The number of carbonyl (C=O) groups is 3. The molecule has 2 aliphatic rings. The van der Waals surface area contributed by atoms with E-state index >= 15 is 0 Å². The van der Waals surface area contributed by atoms with Gasteiger partial charge in [0.15, 0.2) is 0 Å². The van der Waals surface area contributed by atoms with E-state index in [2.05, 4.69) is 10.6 Å². The second-order valence-electron chi connectivity index (χ2n) is 7.23. The molecule has 0 radical (unpaired) electrons. The van der Waals surface area contributed by atoms with Gasteiger partial charge in [-0.3, -0.25) is 4.79 Å². The average Bonchev–Trinajstić information content (AvgIpc) is 3.31. The highest BCUT2D eigenvalue weighted by Crippen LogP contribution is 2.31. The molecule has 0 bridgehead atoms. The SMILES string of the molecule is CCOC(=O)C1=C(COC(=O)[C@H]2COc3ccc(Cl)cc3C2)NC(=O)N[C@@H]1c1ccco1. The van der Waals surface area contributed by atoms with Crippen molar-refractivity contribution in [2.75, 3.05) is 19.8 Å². The summed E-state index contributed by atoms with van der Waals surface area (Å²) in [5.74, 6) is -0.699. The number of halogens is 1. The first-order chi connectivity index (χ1) is 15.5. The Morgan fingerprint density at radius 1 is 1.25 bits per heavy atom. The van der Waals surface area contributed by atoms with Crippen molar-refractivity contribution in [2.24, 2.45) is 5.92 Å². The van der Waals surface area contributed by atoms with E-state index in [1.165, 1.54) is 6.26 Å². The van der Waals surface area contributed by atoms with Crippen LogP contribution in [0.5, 0.6) is 5.75 Å². The van der Waals surface area contributed by atoms with Gasteiger partial charge in [0, 0.05) is 5.02 Å². The fraction of sp³-hybridized carbons (Fsp3) is 0.318. The number of furan rings is 1. The number of benzene rings is 1. The molecule has 10 heteroatoms. The summed E-state index contributed by atoms with van der Waals surface area (Å²) in [5, 5.41) is 5.72. The third kappa shape index (κ3) is 4.57. The molecule has 2 amide bonds. The molecule has 0 saturated heterocycles. The molecule has 9 nitrogen and oxygen atoms in total. The summed E-state index contributed by atoms with van der Waals surface area (Å²) in [4.78, 5) is 37.6. The van der Waals surface area contributed by atoms with Crippen molar-refractivity contribution in [2.45, 2.75) is 19.4 Å². The molecule has 1 aromatic carbocycles. The fourth-order valence-electron chi connectivity index (χ4n) is 3.63. The zero-order chi connectivity index (χ0) is 22.7. The van der Waals surface area contributed by atoms with E-state index in [4.69, 9.17) is 30.2 Å². The summed E-state index contributed by atoms with van der Waals surface area (Å²) in [6.45, 7) is 1.63. The molecule has 0 spiro atoms. The summed E-state index contributed by atoms with van der Waals surface area (Å²) in [7, 11) is 0. The lowest BCUT2D eigenvalue weighted by Crippen LogP contribution is -2.47. The third-order valence-electron chi connectivity index (χ3n) is 5.10. The van der Waals surface area contributed by atoms with Crippen molar-refractivity contribution in [3.05, 3.63) is 64.2 Å². The molecule has 168 valence electrons. The Bertz CT molecular complexity index is 1060. The number of esters is 2. The quantitative estimate of drug-likeness (QED) is 0.636. The van der Waals surface area contributed by atoms with Crippen LogP contribution < -0.4 is 15.4 Å². The van der Waals surface area contributed by atoms with Gasteiger partial charge >= 0.3 is 18.0 Å². The van der Waals surface area contributed by atoms with Gasteiger partial charge in [-0.15, -0.1) is 0 Å². The van der Waals surface area contributed by atoms with Gasteiger partial charge in [-0.1, -0.05) is 11.6 Å². The molecule has 0 aliphatic carbocycles. The normalized spacial score (nSPS) is 19.9. The molecule has 2 aliphatic heterocycles. The number of rotatable bonds is 6. The summed E-state index contributed by atoms with van der Waals surface area (Å²) >= 11 is 6.03. The highest BCUT2D eigenvalue weighted by atomic mass is 35.5. The summed E-state index contributed by atoms with van der Waals surface area (Å²) in [5.41, 5.74) is 1.04. The zero-order valence-electron chi connectivity index (χ0n) is 17.2. The zero-order valence-corrected chi connectivity index (χ0v) is 17.9. The maximum absolute atomic E-state index is 12.7. The van der Waals surface area contributed by atoms with Crippen LogP contribution in [0.25, 0.3) is 0 Å². The van der Waals surface area contributed by atoms with Crippen LogP contribution >= 0.6 is 11.6 Å².